The van der Waals surface area contributed by atoms with Crippen LogP contribution in [0.4, 0.5) is 0 Å². The molecule has 0 aliphatic heterocycles. The van der Waals surface area contributed by atoms with Crippen LogP contribution < -0.4 is 0 Å². The first kappa shape index (κ1) is 18.6. The molecule has 0 radical (unpaired) electrons. The van der Waals surface area contributed by atoms with Crippen LogP contribution in [0.15, 0.2) is 24.9 Å². The van der Waals surface area contributed by atoms with Crippen LogP contribution in [0.5, 0.6) is 0 Å². The van der Waals surface area contributed by atoms with Crippen LogP contribution in [0.2, 0.25) is 19.1 Å². The fraction of sp³-hybridized carbons (Fsp3) is 0.474. The molecule has 0 aliphatic rings. The molecule has 4 nitrogen and oxygen atoms in total. The van der Waals surface area contributed by atoms with Crippen LogP contribution in [0.25, 0.3) is 17.3 Å². The minimum Gasteiger partial charge on any atom is -0.411 e. The topological polar surface area (TPSA) is 39.9 Å². The third-order valence-electron chi connectivity index (χ3n) is 4.05. The molecule has 0 saturated carbocycles. The highest BCUT2D eigenvalue weighted by atomic mass is 28.4. The van der Waals surface area contributed by atoms with Crippen LogP contribution in [-0.4, -0.2) is 23.1 Å². The Kier molecular flexibility index (Phi) is 5.77. The van der Waals surface area contributed by atoms with Gasteiger partial charge < -0.3 is 4.43 Å². The fourth-order valence-electron chi connectivity index (χ4n) is 3.17. The van der Waals surface area contributed by atoms with Crippen LogP contribution in [0, 0.1) is 12.8 Å². The van der Waals surface area contributed by atoms with Gasteiger partial charge in [0.15, 0.2) is 8.32 Å². The number of pyridine rings is 1. The standard InChI is InChI=1S/C19H29N3OSi/c1-8-17-18(12-23-24(6,7)13-14(2)3)21-22(5)19(17)16-10-9-15(4)20-11-16/h8-11,14H,1,12-13H2,2-7H3. The van der Waals surface area contributed by atoms with E-state index in [1.165, 1.54) is 0 Å². The maximum atomic E-state index is 6.29. The van der Waals surface area contributed by atoms with Gasteiger partial charge in [-0.05, 0) is 44.1 Å². The number of hydrogen-bond acceptors (Lipinski definition) is 3. The Labute approximate surface area is 146 Å². The highest BCUT2D eigenvalue weighted by molar-refractivity contribution is 6.71. The Morgan fingerprint density at radius 3 is 2.58 bits per heavy atom. The number of rotatable bonds is 7. The number of hydrogen-bond donors (Lipinski definition) is 0. The Morgan fingerprint density at radius 1 is 1.33 bits per heavy atom. The van der Waals surface area contributed by atoms with Crippen molar-refractivity contribution in [3.05, 3.63) is 41.9 Å². The summed E-state index contributed by atoms with van der Waals surface area (Å²) >= 11 is 0. The molecule has 0 aromatic carbocycles. The first-order chi connectivity index (χ1) is 11.2. The summed E-state index contributed by atoms with van der Waals surface area (Å²) in [6.07, 6.45) is 3.76. The molecule has 2 rings (SSSR count). The van der Waals surface area contributed by atoms with E-state index in [1.54, 1.807) is 0 Å². The van der Waals surface area contributed by atoms with Crippen molar-refractivity contribution in [2.75, 3.05) is 0 Å². The van der Waals surface area contributed by atoms with E-state index in [4.69, 9.17) is 4.43 Å². The van der Waals surface area contributed by atoms with Gasteiger partial charge in [0.1, 0.15) is 0 Å². The molecule has 0 fully saturated rings. The molecule has 24 heavy (non-hydrogen) atoms. The Bertz CT molecular complexity index is 702. The van der Waals surface area contributed by atoms with E-state index in [9.17, 15) is 0 Å². The lowest BCUT2D eigenvalue weighted by atomic mass is 10.1. The molecular weight excluding hydrogens is 314 g/mol. The van der Waals surface area contributed by atoms with Gasteiger partial charge in [0.25, 0.3) is 0 Å². The van der Waals surface area contributed by atoms with Crippen molar-refractivity contribution >= 4 is 14.4 Å². The van der Waals surface area contributed by atoms with Crippen LogP contribution in [0.3, 0.4) is 0 Å². The van der Waals surface area contributed by atoms with Crippen molar-refractivity contribution in [3.63, 3.8) is 0 Å². The molecule has 2 aromatic rings. The summed E-state index contributed by atoms with van der Waals surface area (Å²) in [5.74, 6) is 0.656. The molecular formula is C19H29N3OSi. The third kappa shape index (κ3) is 4.42. The van der Waals surface area contributed by atoms with Gasteiger partial charge in [-0.3, -0.25) is 9.67 Å². The molecule has 0 saturated heterocycles. The molecule has 0 unspecified atom stereocenters. The molecule has 0 spiro atoms. The summed E-state index contributed by atoms with van der Waals surface area (Å²) < 4.78 is 8.19. The summed E-state index contributed by atoms with van der Waals surface area (Å²) in [4.78, 5) is 4.40. The third-order valence-corrected chi connectivity index (χ3v) is 6.77. The maximum absolute atomic E-state index is 6.29. The van der Waals surface area contributed by atoms with Gasteiger partial charge in [-0.15, -0.1) is 0 Å². The Hall–Kier alpha value is -1.72. The van der Waals surface area contributed by atoms with E-state index in [0.717, 1.165) is 34.3 Å². The quantitative estimate of drug-likeness (QED) is 0.677. The zero-order chi connectivity index (χ0) is 17.9. The largest absolute Gasteiger partial charge is 0.411 e. The van der Waals surface area contributed by atoms with Crippen LogP contribution in [0.1, 0.15) is 30.8 Å². The van der Waals surface area contributed by atoms with E-state index in [1.807, 2.05) is 37.0 Å². The molecule has 0 N–H and O–H groups in total. The fourth-order valence-corrected chi connectivity index (χ4v) is 5.78. The zero-order valence-corrected chi connectivity index (χ0v) is 16.8. The van der Waals surface area contributed by atoms with Crippen molar-refractivity contribution < 1.29 is 4.43 Å². The Balaban J connectivity index is 2.28. The molecule has 0 atom stereocenters. The molecule has 2 heterocycles. The predicted molar refractivity (Wildman–Crippen MR) is 103 cm³/mol. The normalized spacial score (nSPS) is 12.0. The van der Waals surface area contributed by atoms with E-state index in [-0.39, 0.29) is 0 Å². The molecule has 130 valence electrons. The van der Waals surface area contributed by atoms with Gasteiger partial charge >= 0.3 is 0 Å². The molecule has 0 amide bonds. The minimum atomic E-state index is -1.68. The highest BCUT2D eigenvalue weighted by Gasteiger charge is 2.25. The minimum absolute atomic E-state index is 0.542. The average Bonchev–Trinajstić information content (AvgIpc) is 2.81. The summed E-state index contributed by atoms with van der Waals surface area (Å²) in [6, 6.07) is 5.25. The van der Waals surface area contributed by atoms with E-state index in [2.05, 4.69) is 49.7 Å². The van der Waals surface area contributed by atoms with Crippen molar-refractivity contribution in [3.8, 4) is 11.3 Å². The van der Waals surface area contributed by atoms with E-state index in [0.29, 0.717) is 12.5 Å². The van der Waals surface area contributed by atoms with Gasteiger partial charge in [0.2, 0.25) is 0 Å². The van der Waals surface area contributed by atoms with Gasteiger partial charge in [-0.25, -0.2) is 0 Å². The summed E-state index contributed by atoms with van der Waals surface area (Å²) in [5, 5.41) is 4.68. The van der Waals surface area contributed by atoms with Gasteiger partial charge in [-0.2, -0.15) is 5.10 Å². The van der Waals surface area contributed by atoms with Crippen molar-refractivity contribution in [1.29, 1.82) is 0 Å². The predicted octanol–water partition coefficient (Wildman–Crippen LogP) is 4.81. The molecule has 0 aliphatic carbocycles. The van der Waals surface area contributed by atoms with Crippen molar-refractivity contribution in [2.45, 2.75) is 46.5 Å². The van der Waals surface area contributed by atoms with E-state index < -0.39 is 8.32 Å². The maximum Gasteiger partial charge on any atom is 0.187 e. The van der Waals surface area contributed by atoms with Crippen molar-refractivity contribution in [1.82, 2.24) is 14.8 Å². The first-order valence-corrected chi connectivity index (χ1v) is 11.6. The van der Waals surface area contributed by atoms with Gasteiger partial charge in [0.05, 0.1) is 18.0 Å². The van der Waals surface area contributed by atoms with Crippen LogP contribution in [-0.2, 0) is 18.1 Å². The second-order valence-electron chi connectivity index (χ2n) is 7.37. The zero-order valence-electron chi connectivity index (χ0n) is 15.8. The first-order valence-electron chi connectivity index (χ1n) is 8.49. The average molecular weight is 344 g/mol. The lowest BCUT2D eigenvalue weighted by molar-refractivity contribution is 0.285. The number of aromatic nitrogens is 3. The lowest BCUT2D eigenvalue weighted by Crippen LogP contribution is -2.31. The number of nitrogens with zero attached hydrogens (tertiary/aromatic N) is 3. The second kappa shape index (κ2) is 7.45. The summed E-state index contributed by atoms with van der Waals surface area (Å²) in [5.41, 5.74) is 5.09. The summed E-state index contributed by atoms with van der Waals surface area (Å²) in [7, 11) is 0.285. The smallest absolute Gasteiger partial charge is 0.187 e. The number of aryl methyl sites for hydroxylation is 2. The Morgan fingerprint density at radius 2 is 2.04 bits per heavy atom. The van der Waals surface area contributed by atoms with E-state index >= 15 is 0 Å². The van der Waals surface area contributed by atoms with Gasteiger partial charge in [0, 0.05) is 30.1 Å². The van der Waals surface area contributed by atoms with Gasteiger partial charge in [-0.1, -0.05) is 26.5 Å². The highest BCUT2D eigenvalue weighted by Crippen LogP contribution is 2.28. The lowest BCUT2D eigenvalue weighted by Gasteiger charge is -2.24. The molecule has 5 heteroatoms. The molecule has 2 aromatic heterocycles. The SMILES string of the molecule is C=Cc1c(CO[Si](C)(C)CC(C)C)nn(C)c1-c1ccc(C)nc1. The summed E-state index contributed by atoms with van der Waals surface area (Å²) in [6.45, 7) is 15.6. The second-order valence-corrected chi connectivity index (χ2v) is 11.6. The van der Waals surface area contributed by atoms with Crippen molar-refractivity contribution in [2.24, 2.45) is 13.0 Å². The monoisotopic (exact) mass is 343 g/mol. The van der Waals surface area contributed by atoms with Crippen LogP contribution >= 0.6 is 0 Å². The molecule has 0 bridgehead atoms.